The third-order valence-corrected chi connectivity index (χ3v) is 3.15. The predicted octanol–water partition coefficient (Wildman–Crippen LogP) is 2.80. The van der Waals surface area contributed by atoms with E-state index in [9.17, 15) is 9.18 Å². The van der Waals surface area contributed by atoms with Crippen LogP contribution in [0.15, 0.2) is 24.3 Å². The van der Waals surface area contributed by atoms with Gasteiger partial charge < -0.3 is 0 Å². The van der Waals surface area contributed by atoms with Gasteiger partial charge in [-0.25, -0.2) is 4.39 Å². The molecule has 1 rings (SSSR count). The van der Waals surface area contributed by atoms with E-state index in [0.717, 1.165) is 0 Å². The Morgan fingerprint density at radius 3 is 2.60 bits per heavy atom. The zero-order valence-corrected chi connectivity index (χ0v) is 10.6. The number of carbonyl (C=O) groups is 1. The molecule has 0 aliphatic carbocycles. The highest BCUT2D eigenvalue weighted by Gasteiger charge is 2.05. The van der Waals surface area contributed by atoms with Crippen molar-refractivity contribution in [2.45, 2.75) is 6.42 Å². The van der Waals surface area contributed by atoms with E-state index in [4.69, 9.17) is 0 Å². The molecule has 0 saturated carbocycles. The maximum atomic E-state index is 12.6. The van der Waals surface area contributed by atoms with Crippen LogP contribution in [0.3, 0.4) is 0 Å². The van der Waals surface area contributed by atoms with Gasteiger partial charge in [0, 0.05) is 18.5 Å². The Hall–Kier alpha value is -0.360. The van der Waals surface area contributed by atoms with Gasteiger partial charge in [-0.3, -0.25) is 9.88 Å². The van der Waals surface area contributed by atoms with Crippen LogP contribution in [0.25, 0.3) is 0 Å². The van der Waals surface area contributed by atoms with Crippen molar-refractivity contribution in [1.29, 1.82) is 0 Å². The van der Waals surface area contributed by atoms with E-state index in [0.29, 0.717) is 18.5 Å². The van der Waals surface area contributed by atoms with Crippen LogP contribution < -0.4 is 5.09 Å². The van der Waals surface area contributed by atoms with Crippen molar-refractivity contribution in [2.24, 2.45) is 0 Å². The Morgan fingerprint density at radius 2 is 2.07 bits per heavy atom. The lowest BCUT2D eigenvalue weighted by Gasteiger charge is -2.06. The SMILES string of the molecule is CP(P)NCCC(=O)c1ccc(F)cc1. The highest BCUT2D eigenvalue weighted by molar-refractivity contribution is 8.12. The van der Waals surface area contributed by atoms with Crippen LogP contribution in [0.5, 0.6) is 0 Å². The molecular formula is C10H14FNOP2. The summed E-state index contributed by atoms with van der Waals surface area (Å²) in [4.78, 5) is 11.6. The number of hydrogen-bond donors (Lipinski definition) is 1. The van der Waals surface area contributed by atoms with Crippen LogP contribution in [0.1, 0.15) is 16.8 Å². The van der Waals surface area contributed by atoms with Gasteiger partial charge in [-0.2, -0.15) is 0 Å². The third kappa shape index (κ3) is 4.79. The van der Waals surface area contributed by atoms with Gasteiger partial charge in [-0.15, -0.1) is 0 Å². The molecule has 2 atom stereocenters. The molecule has 0 bridgehead atoms. The predicted molar refractivity (Wildman–Crippen MR) is 65.9 cm³/mol. The lowest BCUT2D eigenvalue weighted by molar-refractivity contribution is 0.0984. The summed E-state index contributed by atoms with van der Waals surface area (Å²) in [5.41, 5.74) is 0.572. The summed E-state index contributed by atoms with van der Waals surface area (Å²) in [6.07, 6.45) is 0.451. The topological polar surface area (TPSA) is 29.1 Å². The maximum absolute atomic E-state index is 12.6. The van der Waals surface area contributed by atoms with Gasteiger partial charge in [0.2, 0.25) is 0 Å². The number of benzene rings is 1. The second kappa shape index (κ2) is 6.27. The monoisotopic (exact) mass is 245 g/mol. The number of rotatable bonds is 5. The van der Waals surface area contributed by atoms with Gasteiger partial charge >= 0.3 is 0 Å². The minimum absolute atomic E-state index is 0.0457. The highest BCUT2D eigenvalue weighted by atomic mass is 32.0. The molecule has 2 unspecified atom stereocenters. The van der Waals surface area contributed by atoms with E-state index < -0.39 is 0 Å². The number of carbonyl (C=O) groups excluding carboxylic acids is 1. The van der Waals surface area contributed by atoms with Gasteiger partial charge in [-0.05, 0) is 38.7 Å². The Morgan fingerprint density at radius 1 is 1.47 bits per heavy atom. The number of halogens is 1. The first-order valence-electron chi connectivity index (χ1n) is 4.60. The summed E-state index contributed by atoms with van der Waals surface area (Å²) in [6.45, 7) is 2.73. The smallest absolute Gasteiger partial charge is 0.164 e. The van der Waals surface area contributed by atoms with E-state index in [2.05, 4.69) is 20.7 Å². The molecule has 0 fully saturated rings. The summed E-state index contributed by atoms with van der Waals surface area (Å²) < 4.78 is 12.6. The molecule has 0 aliphatic heterocycles. The summed E-state index contributed by atoms with van der Waals surface area (Å²) >= 11 is 0. The molecule has 1 aromatic carbocycles. The minimum Gasteiger partial charge on any atom is -0.294 e. The normalized spacial score (nSPS) is 12.5. The highest BCUT2D eigenvalue weighted by Crippen LogP contribution is 2.33. The number of hydrogen-bond acceptors (Lipinski definition) is 2. The quantitative estimate of drug-likeness (QED) is 0.638. The lowest BCUT2D eigenvalue weighted by atomic mass is 10.1. The fourth-order valence-electron chi connectivity index (χ4n) is 1.13. The van der Waals surface area contributed by atoms with Crippen molar-refractivity contribution in [3.05, 3.63) is 35.6 Å². The molecule has 15 heavy (non-hydrogen) atoms. The van der Waals surface area contributed by atoms with Crippen LogP contribution in [-0.2, 0) is 0 Å². The van der Waals surface area contributed by atoms with Crippen molar-refractivity contribution < 1.29 is 9.18 Å². The first kappa shape index (κ1) is 12.7. The molecule has 5 heteroatoms. The van der Waals surface area contributed by atoms with Gasteiger partial charge in [0.25, 0.3) is 0 Å². The van der Waals surface area contributed by atoms with Gasteiger partial charge in [0.05, 0.1) is 0 Å². The van der Waals surface area contributed by atoms with Crippen molar-refractivity contribution in [1.82, 2.24) is 5.09 Å². The molecule has 0 heterocycles. The average Bonchev–Trinajstić information content (AvgIpc) is 2.18. The number of Topliss-reactive ketones (excluding diaryl/α,β-unsaturated/α-hetero) is 1. The molecule has 0 aromatic heterocycles. The van der Waals surface area contributed by atoms with Crippen LogP contribution in [0.4, 0.5) is 4.39 Å². The molecule has 1 aromatic rings. The Bertz CT molecular complexity index is 327. The first-order chi connectivity index (χ1) is 7.09. The number of ketones is 1. The molecule has 0 spiro atoms. The van der Waals surface area contributed by atoms with Crippen molar-refractivity contribution in [2.75, 3.05) is 13.2 Å². The fourth-order valence-corrected chi connectivity index (χ4v) is 1.98. The summed E-state index contributed by atoms with van der Waals surface area (Å²) in [7, 11) is 2.42. The van der Waals surface area contributed by atoms with Gasteiger partial charge in [0.1, 0.15) is 5.82 Å². The lowest BCUT2D eigenvalue weighted by Crippen LogP contribution is -2.11. The van der Waals surface area contributed by atoms with E-state index in [1.54, 1.807) is 0 Å². The van der Waals surface area contributed by atoms with Gasteiger partial charge in [-0.1, -0.05) is 8.93 Å². The van der Waals surface area contributed by atoms with Crippen LogP contribution in [-0.4, -0.2) is 19.0 Å². The molecule has 82 valence electrons. The van der Waals surface area contributed by atoms with Gasteiger partial charge in [0.15, 0.2) is 5.78 Å². The second-order valence-electron chi connectivity index (χ2n) is 3.20. The maximum Gasteiger partial charge on any atom is 0.164 e. The molecule has 0 radical (unpaired) electrons. The molecule has 0 amide bonds. The average molecular weight is 245 g/mol. The number of nitrogens with one attached hydrogen (secondary N) is 1. The fraction of sp³-hybridized carbons (Fsp3) is 0.300. The first-order valence-corrected chi connectivity index (χ1v) is 8.01. The molecular weight excluding hydrogens is 231 g/mol. The molecule has 1 N–H and O–H groups in total. The van der Waals surface area contributed by atoms with Crippen LogP contribution in [0, 0.1) is 5.82 Å². The summed E-state index contributed by atoms with van der Waals surface area (Å²) in [5, 5.41) is 3.19. The molecule has 0 saturated heterocycles. The summed E-state index contributed by atoms with van der Waals surface area (Å²) in [5.74, 6) is -0.268. The molecule has 2 nitrogen and oxygen atoms in total. The third-order valence-electron chi connectivity index (χ3n) is 1.88. The van der Waals surface area contributed by atoms with E-state index in [1.807, 2.05) is 0 Å². The standard InChI is InChI=1S/C10H14FNOP2/c1-15(14)12-7-6-10(13)8-2-4-9(11)5-3-8/h2-5,12H,6-7,14H2,1H3. The molecule has 0 aliphatic rings. The minimum atomic E-state index is -0.313. The summed E-state index contributed by atoms with van der Waals surface area (Å²) in [6, 6.07) is 5.66. The Balaban J connectivity index is 2.43. The Kier molecular flexibility index (Phi) is 5.31. The second-order valence-corrected chi connectivity index (χ2v) is 7.06. The van der Waals surface area contributed by atoms with E-state index >= 15 is 0 Å². The van der Waals surface area contributed by atoms with Crippen molar-refractivity contribution in [3.8, 4) is 0 Å². The van der Waals surface area contributed by atoms with E-state index in [1.165, 1.54) is 24.3 Å². The van der Waals surface area contributed by atoms with Crippen molar-refractivity contribution >= 4 is 22.5 Å². The van der Waals surface area contributed by atoms with E-state index in [-0.39, 0.29) is 19.4 Å². The largest absolute Gasteiger partial charge is 0.294 e. The van der Waals surface area contributed by atoms with Crippen molar-refractivity contribution in [3.63, 3.8) is 0 Å². The zero-order valence-electron chi connectivity index (χ0n) is 8.53. The zero-order chi connectivity index (χ0) is 11.3. The Labute approximate surface area is 92.5 Å². The van der Waals surface area contributed by atoms with Crippen LogP contribution in [0.2, 0.25) is 0 Å². The van der Waals surface area contributed by atoms with Crippen LogP contribution >= 0.6 is 16.7 Å².